The lowest BCUT2D eigenvalue weighted by molar-refractivity contribution is -0.122. The fraction of sp³-hybridized carbons (Fsp3) is 0.300. The Kier molecular flexibility index (Phi) is 5.39. The van der Waals surface area contributed by atoms with Crippen LogP contribution < -0.4 is 10.1 Å². The standard InChI is InChI=1S/C20H23NO3/c1-12-10-13(2)19(14(3)11-12)21-20(23)16(5)24-18-8-6-17(7-9-18)15(4)22/h6-11,16H,1-5H3,(H,21,23)/t16-/m1/s1. The topological polar surface area (TPSA) is 55.4 Å². The average molecular weight is 325 g/mol. The molecule has 24 heavy (non-hydrogen) atoms. The quantitative estimate of drug-likeness (QED) is 0.837. The number of ether oxygens (including phenoxy) is 1. The third kappa shape index (κ3) is 4.22. The van der Waals surface area contributed by atoms with E-state index in [0.717, 1.165) is 22.4 Å². The zero-order valence-electron chi connectivity index (χ0n) is 14.8. The minimum absolute atomic E-state index is 0.00216. The highest BCUT2D eigenvalue weighted by atomic mass is 16.5. The summed E-state index contributed by atoms with van der Waals surface area (Å²) in [6.07, 6.45) is -0.645. The smallest absolute Gasteiger partial charge is 0.265 e. The van der Waals surface area contributed by atoms with E-state index < -0.39 is 6.10 Å². The molecule has 0 saturated carbocycles. The van der Waals surface area contributed by atoms with Crippen molar-refractivity contribution in [3.63, 3.8) is 0 Å². The average Bonchev–Trinajstić information content (AvgIpc) is 2.51. The number of amides is 1. The summed E-state index contributed by atoms with van der Waals surface area (Å²) in [4.78, 5) is 23.7. The molecular formula is C20H23NO3. The summed E-state index contributed by atoms with van der Waals surface area (Å²) in [5.41, 5.74) is 4.66. The van der Waals surface area contributed by atoms with E-state index in [-0.39, 0.29) is 11.7 Å². The van der Waals surface area contributed by atoms with Crippen LogP contribution in [-0.2, 0) is 4.79 Å². The molecule has 0 saturated heterocycles. The van der Waals surface area contributed by atoms with Gasteiger partial charge in [-0.2, -0.15) is 0 Å². The molecule has 1 atom stereocenters. The highest BCUT2D eigenvalue weighted by Gasteiger charge is 2.17. The summed E-state index contributed by atoms with van der Waals surface area (Å²) in [7, 11) is 0. The number of hydrogen-bond donors (Lipinski definition) is 1. The first-order valence-electron chi connectivity index (χ1n) is 7.94. The lowest BCUT2D eigenvalue weighted by atomic mass is 10.0. The van der Waals surface area contributed by atoms with E-state index in [1.165, 1.54) is 6.92 Å². The summed E-state index contributed by atoms with van der Waals surface area (Å²) in [6.45, 7) is 9.19. The molecule has 0 aliphatic heterocycles. The molecule has 4 heteroatoms. The first-order chi connectivity index (χ1) is 11.3. The molecule has 0 heterocycles. The zero-order chi connectivity index (χ0) is 17.9. The van der Waals surface area contributed by atoms with E-state index in [2.05, 4.69) is 5.32 Å². The molecule has 0 radical (unpaired) electrons. The third-order valence-electron chi connectivity index (χ3n) is 3.87. The Morgan fingerprint density at radius 1 is 1.00 bits per heavy atom. The first-order valence-corrected chi connectivity index (χ1v) is 7.94. The van der Waals surface area contributed by atoms with Gasteiger partial charge in [0.15, 0.2) is 11.9 Å². The Morgan fingerprint density at radius 3 is 2.04 bits per heavy atom. The Balaban J connectivity index is 2.06. The van der Waals surface area contributed by atoms with Crippen LogP contribution in [0.2, 0.25) is 0 Å². The highest BCUT2D eigenvalue weighted by Crippen LogP contribution is 2.22. The van der Waals surface area contributed by atoms with Crippen LogP contribution >= 0.6 is 0 Å². The molecule has 1 amide bonds. The molecule has 0 aromatic heterocycles. The number of ketones is 1. The molecule has 0 aliphatic rings. The summed E-state index contributed by atoms with van der Waals surface area (Å²) in [5, 5.41) is 2.94. The third-order valence-corrected chi connectivity index (χ3v) is 3.87. The predicted octanol–water partition coefficient (Wildman–Crippen LogP) is 4.22. The van der Waals surface area contributed by atoms with Crippen LogP contribution in [0.15, 0.2) is 36.4 Å². The van der Waals surface area contributed by atoms with Crippen LogP contribution in [-0.4, -0.2) is 17.8 Å². The van der Waals surface area contributed by atoms with Crippen LogP contribution in [0.3, 0.4) is 0 Å². The van der Waals surface area contributed by atoms with Crippen molar-refractivity contribution in [2.45, 2.75) is 40.7 Å². The number of carbonyl (C=O) groups is 2. The van der Waals surface area contributed by atoms with Gasteiger partial charge in [0.2, 0.25) is 0 Å². The van der Waals surface area contributed by atoms with E-state index in [0.29, 0.717) is 11.3 Å². The van der Waals surface area contributed by atoms with Crippen molar-refractivity contribution in [1.29, 1.82) is 0 Å². The van der Waals surface area contributed by atoms with Gasteiger partial charge in [-0.1, -0.05) is 17.7 Å². The van der Waals surface area contributed by atoms with Gasteiger partial charge in [0.05, 0.1) is 0 Å². The summed E-state index contributed by atoms with van der Waals surface area (Å²) in [5.74, 6) is 0.346. The minimum atomic E-state index is -0.645. The van der Waals surface area contributed by atoms with Gasteiger partial charge in [-0.3, -0.25) is 9.59 Å². The van der Waals surface area contributed by atoms with Crippen molar-refractivity contribution in [1.82, 2.24) is 0 Å². The lowest BCUT2D eigenvalue weighted by Gasteiger charge is -2.17. The van der Waals surface area contributed by atoms with Gasteiger partial charge in [-0.25, -0.2) is 0 Å². The monoisotopic (exact) mass is 325 g/mol. The minimum Gasteiger partial charge on any atom is -0.481 e. The maximum Gasteiger partial charge on any atom is 0.265 e. The number of aryl methyl sites for hydroxylation is 3. The molecule has 0 bridgehead atoms. The van der Waals surface area contributed by atoms with E-state index in [1.54, 1.807) is 31.2 Å². The van der Waals surface area contributed by atoms with E-state index >= 15 is 0 Å². The highest BCUT2D eigenvalue weighted by molar-refractivity contribution is 5.96. The second kappa shape index (κ2) is 7.30. The van der Waals surface area contributed by atoms with Crippen LogP contribution in [0, 0.1) is 20.8 Å². The predicted molar refractivity (Wildman–Crippen MR) is 95.8 cm³/mol. The second-order valence-corrected chi connectivity index (χ2v) is 6.10. The fourth-order valence-corrected chi connectivity index (χ4v) is 2.63. The molecule has 126 valence electrons. The molecule has 2 rings (SSSR count). The van der Waals surface area contributed by atoms with Gasteiger partial charge in [-0.15, -0.1) is 0 Å². The number of anilines is 1. The van der Waals surface area contributed by atoms with Crippen molar-refractivity contribution in [3.05, 3.63) is 58.7 Å². The molecule has 0 unspecified atom stereocenters. The van der Waals surface area contributed by atoms with Gasteiger partial charge in [0.1, 0.15) is 5.75 Å². The number of Topliss-reactive ketones (excluding diaryl/α,β-unsaturated/α-hetero) is 1. The SMILES string of the molecule is CC(=O)c1ccc(O[C@H](C)C(=O)Nc2c(C)cc(C)cc2C)cc1. The first kappa shape index (κ1) is 17.7. The molecule has 0 fully saturated rings. The zero-order valence-corrected chi connectivity index (χ0v) is 14.8. The van der Waals surface area contributed by atoms with Crippen LogP contribution in [0.25, 0.3) is 0 Å². The number of hydrogen-bond acceptors (Lipinski definition) is 3. The molecule has 0 spiro atoms. The molecule has 2 aromatic rings. The molecule has 0 aliphatic carbocycles. The largest absolute Gasteiger partial charge is 0.481 e. The maximum atomic E-state index is 12.4. The maximum absolute atomic E-state index is 12.4. The lowest BCUT2D eigenvalue weighted by Crippen LogP contribution is -2.30. The molecule has 2 aromatic carbocycles. The van der Waals surface area contributed by atoms with E-state index in [9.17, 15) is 9.59 Å². The Hall–Kier alpha value is -2.62. The van der Waals surface area contributed by atoms with Crippen LogP contribution in [0.1, 0.15) is 40.9 Å². The summed E-state index contributed by atoms with van der Waals surface area (Å²) >= 11 is 0. The fourth-order valence-electron chi connectivity index (χ4n) is 2.63. The Bertz CT molecular complexity index is 740. The number of rotatable bonds is 5. The van der Waals surface area contributed by atoms with E-state index in [1.807, 2.05) is 32.9 Å². The normalized spacial score (nSPS) is 11.7. The van der Waals surface area contributed by atoms with E-state index in [4.69, 9.17) is 4.74 Å². The Labute approximate surface area is 142 Å². The van der Waals surface area contributed by atoms with Crippen molar-refractivity contribution in [2.24, 2.45) is 0 Å². The molecular weight excluding hydrogens is 302 g/mol. The summed E-state index contributed by atoms with van der Waals surface area (Å²) in [6, 6.07) is 10.8. The second-order valence-electron chi connectivity index (χ2n) is 6.10. The van der Waals surface area contributed by atoms with Gasteiger partial charge >= 0.3 is 0 Å². The summed E-state index contributed by atoms with van der Waals surface area (Å²) < 4.78 is 5.66. The number of carbonyl (C=O) groups excluding carboxylic acids is 2. The Morgan fingerprint density at radius 2 is 1.54 bits per heavy atom. The van der Waals surface area contributed by atoms with Gasteiger partial charge in [-0.05, 0) is 70.0 Å². The number of benzene rings is 2. The van der Waals surface area contributed by atoms with Crippen molar-refractivity contribution < 1.29 is 14.3 Å². The van der Waals surface area contributed by atoms with Crippen molar-refractivity contribution in [2.75, 3.05) is 5.32 Å². The van der Waals surface area contributed by atoms with Gasteiger partial charge in [0, 0.05) is 11.3 Å². The number of nitrogens with one attached hydrogen (secondary N) is 1. The van der Waals surface area contributed by atoms with Crippen molar-refractivity contribution >= 4 is 17.4 Å². The van der Waals surface area contributed by atoms with Crippen LogP contribution in [0.4, 0.5) is 5.69 Å². The molecule has 1 N–H and O–H groups in total. The van der Waals surface area contributed by atoms with Crippen molar-refractivity contribution in [3.8, 4) is 5.75 Å². The molecule has 4 nitrogen and oxygen atoms in total. The van der Waals surface area contributed by atoms with Gasteiger partial charge in [0.25, 0.3) is 5.91 Å². The van der Waals surface area contributed by atoms with Crippen LogP contribution in [0.5, 0.6) is 5.75 Å². The van der Waals surface area contributed by atoms with Gasteiger partial charge < -0.3 is 10.1 Å².